The molecular weight excluding hydrogens is 288 g/mol. The minimum atomic E-state index is -0.850. The summed E-state index contributed by atoms with van der Waals surface area (Å²) >= 11 is 0. The average molecular weight is 314 g/mol. The van der Waals surface area contributed by atoms with E-state index in [0.29, 0.717) is 0 Å². The Morgan fingerprint density at radius 1 is 1.26 bits per heavy atom. The summed E-state index contributed by atoms with van der Waals surface area (Å²) in [5, 5.41) is 3.08. The highest BCUT2D eigenvalue weighted by Gasteiger charge is 2.70. The van der Waals surface area contributed by atoms with Gasteiger partial charge in [0.05, 0.1) is 6.10 Å². The van der Waals surface area contributed by atoms with Crippen LogP contribution in [0.3, 0.4) is 0 Å². The van der Waals surface area contributed by atoms with E-state index in [1.807, 2.05) is 6.07 Å². The average Bonchev–Trinajstić information content (AvgIpc) is 3.01. The number of carbonyl (C=O) groups is 1. The maximum atomic E-state index is 13.0. The molecule has 1 aromatic rings. The van der Waals surface area contributed by atoms with Gasteiger partial charge >= 0.3 is 0 Å². The summed E-state index contributed by atoms with van der Waals surface area (Å²) in [6.07, 6.45) is 5.54. The second-order valence-corrected chi connectivity index (χ2v) is 7.92. The van der Waals surface area contributed by atoms with Crippen LogP contribution in [0.5, 0.6) is 0 Å². The lowest BCUT2D eigenvalue weighted by atomic mass is 9.46. The van der Waals surface area contributed by atoms with Gasteiger partial charge in [0.2, 0.25) is 5.91 Å². The number of hydrogen-bond acceptors (Lipinski definition) is 3. The minimum absolute atomic E-state index is 0.0628. The minimum Gasteiger partial charge on any atom is -0.377 e. The van der Waals surface area contributed by atoms with Gasteiger partial charge in [-0.3, -0.25) is 4.79 Å². The normalized spacial score (nSPS) is 34.2. The second kappa shape index (κ2) is 5.05. The van der Waals surface area contributed by atoms with Crippen molar-refractivity contribution in [3.63, 3.8) is 0 Å². The SMILES string of the molecule is CC1(C)C2OCCCC2C1(N)C(=O)Nc1ccc2c(c1)CCC2. The number of anilines is 1. The molecule has 3 atom stereocenters. The van der Waals surface area contributed by atoms with Crippen LogP contribution in [-0.2, 0) is 22.4 Å². The highest BCUT2D eigenvalue weighted by atomic mass is 16.5. The monoisotopic (exact) mass is 314 g/mol. The number of amides is 1. The van der Waals surface area contributed by atoms with Crippen molar-refractivity contribution in [3.8, 4) is 0 Å². The van der Waals surface area contributed by atoms with Crippen molar-refractivity contribution in [2.45, 2.75) is 57.6 Å². The summed E-state index contributed by atoms with van der Waals surface area (Å²) in [7, 11) is 0. The van der Waals surface area contributed by atoms with E-state index in [2.05, 4.69) is 31.3 Å². The van der Waals surface area contributed by atoms with Crippen molar-refractivity contribution in [2.24, 2.45) is 17.1 Å². The van der Waals surface area contributed by atoms with Gasteiger partial charge in [0.1, 0.15) is 5.54 Å². The van der Waals surface area contributed by atoms with Gasteiger partial charge in [0.25, 0.3) is 0 Å². The summed E-state index contributed by atoms with van der Waals surface area (Å²) in [4.78, 5) is 13.0. The van der Waals surface area contributed by atoms with Crippen LogP contribution in [0.15, 0.2) is 18.2 Å². The van der Waals surface area contributed by atoms with Crippen LogP contribution in [0.4, 0.5) is 5.69 Å². The van der Waals surface area contributed by atoms with Crippen LogP contribution in [0.1, 0.15) is 44.2 Å². The van der Waals surface area contributed by atoms with Crippen molar-refractivity contribution < 1.29 is 9.53 Å². The summed E-state index contributed by atoms with van der Waals surface area (Å²) in [6.45, 7) is 4.90. The molecule has 4 nitrogen and oxygen atoms in total. The largest absolute Gasteiger partial charge is 0.377 e. The standard InChI is InChI=1S/C19H26N2O2/c1-18(2)16-15(7-4-10-23-16)19(18,20)17(22)21-14-9-8-12-5-3-6-13(12)11-14/h8-9,11,15-16H,3-7,10,20H2,1-2H3,(H,21,22). The molecule has 1 saturated carbocycles. The van der Waals surface area contributed by atoms with Crippen LogP contribution < -0.4 is 11.1 Å². The Morgan fingerprint density at radius 2 is 2.04 bits per heavy atom. The molecule has 3 aliphatic rings. The molecule has 2 fully saturated rings. The zero-order chi connectivity index (χ0) is 16.2. The van der Waals surface area contributed by atoms with Crippen LogP contribution in [-0.4, -0.2) is 24.2 Å². The number of rotatable bonds is 2. The van der Waals surface area contributed by atoms with Crippen LogP contribution in [0, 0.1) is 11.3 Å². The Bertz CT molecular complexity index is 655. The Hall–Kier alpha value is -1.39. The van der Waals surface area contributed by atoms with Crippen molar-refractivity contribution in [2.75, 3.05) is 11.9 Å². The van der Waals surface area contributed by atoms with Crippen LogP contribution in [0.2, 0.25) is 0 Å². The summed E-state index contributed by atoms with van der Waals surface area (Å²) in [6, 6.07) is 6.26. The smallest absolute Gasteiger partial charge is 0.245 e. The lowest BCUT2D eigenvalue weighted by Gasteiger charge is -2.65. The summed E-state index contributed by atoms with van der Waals surface area (Å²) in [5.41, 5.74) is 9.11. The molecule has 3 unspecified atom stereocenters. The van der Waals surface area contributed by atoms with Crippen LogP contribution in [0.25, 0.3) is 0 Å². The van der Waals surface area contributed by atoms with E-state index in [9.17, 15) is 4.79 Å². The van der Waals surface area contributed by atoms with Gasteiger partial charge in [0.15, 0.2) is 0 Å². The maximum Gasteiger partial charge on any atom is 0.245 e. The Kier molecular flexibility index (Phi) is 3.33. The molecule has 4 heteroatoms. The number of nitrogens with one attached hydrogen (secondary N) is 1. The molecule has 1 aliphatic heterocycles. The molecule has 1 aromatic carbocycles. The topological polar surface area (TPSA) is 64.3 Å². The van der Waals surface area contributed by atoms with E-state index in [-0.39, 0.29) is 23.3 Å². The van der Waals surface area contributed by atoms with E-state index in [1.54, 1.807) is 0 Å². The predicted octanol–water partition coefficient (Wildman–Crippen LogP) is 2.65. The number of benzene rings is 1. The van der Waals surface area contributed by atoms with E-state index in [4.69, 9.17) is 10.5 Å². The lowest BCUT2D eigenvalue weighted by Crippen LogP contribution is -2.81. The van der Waals surface area contributed by atoms with Gasteiger partial charge in [-0.25, -0.2) is 0 Å². The number of ether oxygens (including phenoxy) is 1. The van der Waals surface area contributed by atoms with Crippen molar-refractivity contribution >= 4 is 11.6 Å². The van der Waals surface area contributed by atoms with E-state index < -0.39 is 5.54 Å². The highest BCUT2D eigenvalue weighted by molar-refractivity contribution is 6.00. The molecule has 3 N–H and O–H groups in total. The van der Waals surface area contributed by atoms with E-state index >= 15 is 0 Å². The highest BCUT2D eigenvalue weighted by Crippen LogP contribution is 2.57. The van der Waals surface area contributed by atoms with Gasteiger partial charge in [-0.15, -0.1) is 0 Å². The van der Waals surface area contributed by atoms with Gasteiger partial charge in [0, 0.05) is 23.6 Å². The first-order valence-electron chi connectivity index (χ1n) is 8.78. The quantitative estimate of drug-likeness (QED) is 0.882. The molecule has 23 heavy (non-hydrogen) atoms. The predicted molar refractivity (Wildman–Crippen MR) is 90.3 cm³/mol. The maximum absolute atomic E-state index is 13.0. The molecular formula is C19H26N2O2. The number of fused-ring (bicyclic) bond motifs is 2. The molecule has 1 amide bonds. The van der Waals surface area contributed by atoms with Gasteiger partial charge in [-0.05, 0) is 55.4 Å². The molecule has 0 aromatic heterocycles. The lowest BCUT2D eigenvalue weighted by molar-refractivity contribution is -0.222. The molecule has 0 radical (unpaired) electrons. The number of hydrogen-bond donors (Lipinski definition) is 2. The third-order valence-corrected chi connectivity index (χ3v) is 6.42. The Morgan fingerprint density at radius 3 is 2.87 bits per heavy atom. The van der Waals surface area contributed by atoms with Crippen LogP contribution >= 0.6 is 0 Å². The van der Waals surface area contributed by atoms with Crippen molar-refractivity contribution in [1.82, 2.24) is 0 Å². The first kappa shape index (κ1) is 15.2. The first-order valence-corrected chi connectivity index (χ1v) is 8.78. The van der Waals surface area contributed by atoms with Crippen molar-refractivity contribution in [3.05, 3.63) is 29.3 Å². The Labute approximate surface area is 137 Å². The summed E-state index contributed by atoms with van der Waals surface area (Å²) in [5.74, 6) is 0.0628. The molecule has 124 valence electrons. The third-order valence-electron chi connectivity index (χ3n) is 6.42. The van der Waals surface area contributed by atoms with Gasteiger partial charge in [-0.1, -0.05) is 19.9 Å². The zero-order valence-electron chi connectivity index (χ0n) is 14.0. The first-order chi connectivity index (χ1) is 10.9. The molecule has 2 aliphatic carbocycles. The fraction of sp³-hybridized carbons (Fsp3) is 0.632. The fourth-order valence-corrected chi connectivity index (χ4v) is 4.92. The van der Waals surface area contributed by atoms with Gasteiger partial charge < -0.3 is 15.8 Å². The molecule has 4 rings (SSSR count). The molecule has 1 heterocycles. The number of carbonyl (C=O) groups excluding carboxylic acids is 1. The fourth-order valence-electron chi connectivity index (χ4n) is 4.92. The number of nitrogens with two attached hydrogens (primary N) is 1. The van der Waals surface area contributed by atoms with Gasteiger partial charge in [-0.2, -0.15) is 0 Å². The van der Waals surface area contributed by atoms with Crippen molar-refractivity contribution in [1.29, 1.82) is 0 Å². The summed E-state index contributed by atoms with van der Waals surface area (Å²) < 4.78 is 5.89. The van der Waals surface area contributed by atoms with E-state index in [0.717, 1.165) is 38.0 Å². The molecule has 0 bridgehead atoms. The zero-order valence-corrected chi connectivity index (χ0v) is 14.0. The number of aryl methyl sites for hydroxylation is 2. The van der Waals surface area contributed by atoms with E-state index in [1.165, 1.54) is 17.5 Å². The second-order valence-electron chi connectivity index (χ2n) is 7.92. The Balaban J connectivity index is 1.56. The molecule has 0 spiro atoms. The molecule has 1 saturated heterocycles. The third kappa shape index (κ3) is 2.01.